The smallest absolute Gasteiger partial charge is 0.137 e. The SMILES string of the molecule is CN(Cc1cccc(F)c1Br)C1CCCCC1CN. The summed E-state index contributed by atoms with van der Waals surface area (Å²) in [6.07, 6.45) is 4.98. The number of nitrogens with two attached hydrogens (primary N) is 1. The van der Waals surface area contributed by atoms with Crippen molar-refractivity contribution in [1.82, 2.24) is 4.90 Å². The summed E-state index contributed by atoms with van der Waals surface area (Å²) < 4.78 is 14.1. The van der Waals surface area contributed by atoms with E-state index in [1.54, 1.807) is 6.07 Å². The Kier molecular flexibility index (Phi) is 5.37. The molecule has 0 spiro atoms. The quantitative estimate of drug-likeness (QED) is 0.915. The molecule has 0 bridgehead atoms. The highest BCUT2D eigenvalue weighted by Gasteiger charge is 2.27. The van der Waals surface area contributed by atoms with Gasteiger partial charge in [0.05, 0.1) is 4.47 Å². The molecule has 2 atom stereocenters. The van der Waals surface area contributed by atoms with Crippen LogP contribution in [-0.2, 0) is 6.54 Å². The van der Waals surface area contributed by atoms with Crippen molar-refractivity contribution in [3.05, 3.63) is 34.1 Å². The molecule has 4 heteroatoms. The summed E-state index contributed by atoms with van der Waals surface area (Å²) in [5, 5.41) is 0. The summed E-state index contributed by atoms with van der Waals surface area (Å²) in [7, 11) is 2.12. The molecule has 0 aromatic heterocycles. The first kappa shape index (κ1) is 14.9. The molecule has 2 unspecified atom stereocenters. The van der Waals surface area contributed by atoms with E-state index in [0.29, 0.717) is 16.4 Å². The van der Waals surface area contributed by atoms with Crippen LogP contribution in [0.15, 0.2) is 22.7 Å². The highest BCUT2D eigenvalue weighted by molar-refractivity contribution is 9.10. The predicted molar refractivity (Wildman–Crippen MR) is 80.4 cm³/mol. The largest absolute Gasteiger partial charge is 0.330 e. The molecule has 19 heavy (non-hydrogen) atoms. The molecule has 106 valence electrons. The molecule has 1 aromatic carbocycles. The summed E-state index contributed by atoms with van der Waals surface area (Å²) >= 11 is 3.34. The Morgan fingerprint density at radius 2 is 2.11 bits per heavy atom. The third-order valence-electron chi connectivity index (χ3n) is 4.19. The van der Waals surface area contributed by atoms with Crippen molar-refractivity contribution in [2.45, 2.75) is 38.3 Å². The van der Waals surface area contributed by atoms with Crippen molar-refractivity contribution in [3.63, 3.8) is 0 Å². The lowest BCUT2D eigenvalue weighted by Crippen LogP contribution is -2.42. The molecule has 2 nitrogen and oxygen atoms in total. The monoisotopic (exact) mass is 328 g/mol. The van der Waals surface area contributed by atoms with Gasteiger partial charge in [-0.1, -0.05) is 25.0 Å². The van der Waals surface area contributed by atoms with E-state index in [1.807, 2.05) is 6.07 Å². The van der Waals surface area contributed by atoms with Crippen LogP contribution in [0.4, 0.5) is 4.39 Å². The lowest BCUT2D eigenvalue weighted by atomic mass is 9.83. The molecule has 2 rings (SSSR count). The van der Waals surface area contributed by atoms with E-state index in [4.69, 9.17) is 5.73 Å². The molecule has 1 aromatic rings. The Morgan fingerprint density at radius 3 is 2.84 bits per heavy atom. The van der Waals surface area contributed by atoms with E-state index in [9.17, 15) is 4.39 Å². The predicted octanol–water partition coefficient (Wildman–Crippen LogP) is 3.54. The highest BCUT2D eigenvalue weighted by Crippen LogP contribution is 2.29. The Hall–Kier alpha value is -0.450. The van der Waals surface area contributed by atoms with Gasteiger partial charge in [0, 0.05) is 12.6 Å². The molecular formula is C15H22BrFN2. The van der Waals surface area contributed by atoms with E-state index in [-0.39, 0.29) is 5.82 Å². The van der Waals surface area contributed by atoms with Gasteiger partial charge in [-0.15, -0.1) is 0 Å². The minimum Gasteiger partial charge on any atom is -0.330 e. The van der Waals surface area contributed by atoms with Gasteiger partial charge in [0.1, 0.15) is 5.82 Å². The van der Waals surface area contributed by atoms with Crippen molar-refractivity contribution < 1.29 is 4.39 Å². The summed E-state index contributed by atoms with van der Waals surface area (Å²) in [6.45, 7) is 1.51. The van der Waals surface area contributed by atoms with Crippen LogP contribution in [0.1, 0.15) is 31.2 Å². The van der Waals surface area contributed by atoms with Crippen molar-refractivity contribution in [2.24, 2.45) is 11.7 Å². The van der Waals surface area contributed by atoms with Crippen LogP contribution in [0.2, 0.25) is 0 Å². The average molecular weight is 329 g/mol. The van der Waals surface area contributed by atoms with Crippen LogP contribution < -0.4 is 5.73 Å². The van der Waals surface area contributed by atoms with Crippen LogP contribution in [0.3, 0.4) is 0 Å². The molecule has 0 heterocycles. The maximum absolute atomic E-state index is 13.5. The van der Waals surface area contributed by atoms with Crippen LogP contribution in [0, 0.1) is 11.7 Å². The Bertz CT molecular complexity index is 425. The third kappa shape index (κ3) is 3.56. The Morgan fingerprint density at radius 1 is 1.37 bits per heavy atom. The minimum atomic E-state index is -0.190. The van der Waals surface area contributed by atoms with Gasteiger partial charge in [0.15, 0.2) is 0 Å². The zero-order chi connectivity index (χ0) is 13.8. The third-order valence-corrected chi connectivity index (χ3v) is 5.08. The van der Waals surface area contributed by atoms with E-state index in [0.717, 1.165) is 18.7 Å². The van der Waals surface area contributed by atoms with Gasteiger partial charge >= 0.3 is 0 Å². The second-order valence-electron chi connectivity index (χ2n) is 5.48. The molecule has 2 N–H and O–H groups in total. The van der Waals surface area contributed by atoms with Crippen LogP contribution in [-0.4, -0.2) is 24.5 Å². The van der Waals surface area contributed by atoms with Gasteiger partial charge in [-0.3, -0.25) is 4.90 Å². The molecule has 0 saturated heterocycles. The van der Waals surface area contributed by atoms with Gasteiger partial charge in [-0.25, -0.2) is 4.39 Å². The molecule has 0 radical (unpaired) electrons. The second-order valence-corrected chi connectivity index (χ2v) is 6.27. The fraction of sp³-hybridized carbons (Fsp3) is 0.600. The van der Waals surface area contributed by atoms with Crippen molar-refractivity contribution >= 4 is 15.9 Å². The lowest BCUT2D eigenvalue weighted by Gasteiger charge is -2.37. The van der Waals surface area contributed by atoms with Crippen LogP contribution >= 0.6 is 15.9 Å². The number of hydrogen-bond acceptors (Lipinski definition) is 2. The molecular weight excluding hydrogens is 307 g/mol. The van der Waals surface area contributed by atoms with Crippen LogP contribution in [0.25, 0.3) is 0 Å². The minimum absolute atomic E-state index is 0.190. The Labute approximate surface area is 123 Å². The molecule has 1 aliphatic carbocycles. The van der Waals surface area contributed by atoms with Gasteiger partial charge in [-0.05, 0) is 59.9 Å². The van der Waals surface area contributed by atoms with Crippen molar-refractivity contribution in [1.29, 1.82) is 0 Å². The number of halogens is 2. The van der Waals surface area contributed by atoms with E-state index in [2.05, 4.69) is 27.9 Å². The highest BCUT2D eigenvalue weighted by atomic mass is 79.9. The van der Waals surface area contributed by atoms with Crippen molar-refractivity contribution in [2.75, 3.05) is 13.6 Å². The van der Waals surface area contributed by atoms with Gasteiger partial charge in [-0.2, -0.15) is 0 Å². The standard InChI is InChI=1S/C15H22BrFN2/c1-19(14-8-3-2-5-11(14)9-18)10-12-6-4-7-13(17)15(12)16/h4,6-7,11,14H,2-3,5,8-10,18H2,1H3. The van der Waals surface area contributed by atoms with Crippen molar-refractivity contribution in [3.8, 4) is 0 Å². The van der Waals surface area contributed by atoms with E-state index < -0.39 is 0 Å². The van der Waals surface area contributed by atoms with Crippen LogP contribution in [0.5, 0.6) is 0 Å². The lowest BCUT2D eigenvalue weighted by molar-refractivity contribution is 0.127. The number of hydrogen-bond donors (Lipinski definition) is 1. The van der Waals surface area contributed by atoms with Gasteiger partial charge in [0.2, 0.25) is 0 Å². The number of nitrogens with zero attached hydrogens (tertiary/aromatic N) is 1. The summed E-state index contributed by atoms with van der Waals surface area (Å²) in [4.78, 5) is 2.33. The normalized spacial score (nSPS) is 23.8. The van der Waals surface area contributed by atoms with Gasteiger partial charge in [0.25, 0.3) is 0 Å². The van der Waals surface area contributed by atoms with E-state index >= 15 is 0 Å². The first-order valence-corrected chi connectivity index (χ1v) is 7.76. The number of benzene rings is 1. The molecule has 1 saturated carbocycles. The molecule has 1 aliphatic rings. The molecule has 0 amide bonds. The maximum Gasteiger partial charge on any atom is 0.137 e. The topological polar surface area (TPSA) is 29.3 Å². The maximum atomic E-state index is 13.5. The molecule has 0 aliphatic heterocycles. The zero-order valence-electron chi connectivity index (χ0n) is 11.4. The molecule has 1 fully saturated rings. The first-order valence-electron chi connectivity index (χ1n) is 6.96. The Balaban J connectivity index is 2.07. The summed E-state index contributed by atoms with van der Waals surface area (Å²) in [6, 6.07) is 5.75. The number of rotatable bonds is 4. The fourth-order valence-corrected chi connectivity index (χ4v) is 3.49. The average Bonchev–Trinajstić information content (AvgIpc) is 2.43. The zero-order valence-corrected chi connectivity index (χ0v) is 13.0. The second kappa shape index (κ2) is 6.82. The van der Waals surface area contributed by atoms with Gasteiger partial charge < -0.3 is 5.73 Å². The van der Waals surface area contributed by atoms with E-state index in [1.165, 1.54) is 31.7 Å². The fourth-order valence-electron chi connectivity index (χ4n) is 3.10. The first-order chi connectivity index (χ1) is 9.13. The summed E-state index contributed by atoms with van der Waals surface area (Å²) in [5.41, 5.74) is 6.89. The summed E-state index contributed by atoms with van der Waals surface area (Å²) in [5.74, 6) is 0.385.